The number of carbonyl (C=O) groups excluding carboxylic acids is 2. The summed E-state index contributed by atoms with van der Waals surface area (Å²) >= 11 is 0. The lowest BCUT2D eigenvalue weighted by Gasteiger charge is -2.33. The molecule has 2 aliphatic rings. The number of hydrogen-bond donors (Lipinski definition) is 3. The van der Waals surface area contributed by atoms with Gasteiger partial charge in [0.2, 0.25) is 11.9 Å². The van der Waals surface area contributed by atoms with E-state index >= 15 is 0 Å². The third kappa shape index (κ3) is 4.62. The molecule has 0 spiro atoms. The number of fused-ring (bicyclic) bond motifs is 1. The van der Waals surface area contributed by atoms with E-state index < -0.39 is 17.9 Å². The Morgan fingerprint density at radius 1 is 1.16 bits per heavy atom. The summed E-state index contributed by atoms with van der Waals surface area (Å²) in [5, 5.41) is 2.93. The summed E-state index contributed by atoms with van der Waals surface area (Å²) in [5.41, 5.74) is 15.2. The number of aromatic nitrogens is 2. The van der Waals surface area contributed by atoms with Gasteiger partial charge in [-0.15, -0.1) is 0 Å². The number of primary amides is 2. The molecule has 4 rings (SSSR count). The first-order chi connectivity index (χ1) is 14.9. The Hall–Kier alpha value is -3.16. The van der Waals surface area contributed by atoms with Crippen LogP contribution in [0.4, 0.5) is 11.8 Å². The van der Waals surface area contributed by atoms with Crippen molar-refractivity contribution < 1.29 is 9.59 Å². The molecule has 8 heteroatoms. The van der Waals surface area contributed by atoms with Gasteiger partial charge < -0.3 is 21.7 Å². The first kappa shape index (κ1) is 21.1. The molecule has 2 aromatic rings. The molecule has 0 radical (unpaired) electrons. The second-order valence-corrected chi connectivity index (χ2v) is 8.56. The van der Waals surface area contributed by atoms with Crippen LogP contribution in [-0.4, -0.2) is 34.4 Å². The molecule has 164 valence electrons. The number of nitrogens with two attached hydrogens (primary N) is 2. The Balaban J connectivity index is 1.61. The molecule has 2 amide bonds. The number of rotatable bonds is 6. The van der Waals surface area contributed by atoms with Gasteiger partial charge in [-0.25, -0.2) is 4.98 Å². The molecule has 1 aliphatic heterocycles. The Labute approximate surface area is 182 Å². The highest BCUT2D eigenvalue weighted by atomic mass is 16.1. The molecule has 1 fully saturated rings. The van der Waals surface area contributed by atoms with E-state index in [2.05, 4.69) is 38.4 Å². The molecule has 1 aromatic heterocycles. The van der Waals surface area contributed by atoms with Gasteiger partial charge in [0.15, 0.2) is 0 Å². The van der Waals surface area contributed by atoms with Crippen LogP contribution in [0.2, 0.25) is 0 Å². The summed E-state index contributed by atoms with van der Waals surface area (Å²) < 4.78 is 0. The highest BCUT2D eigenvalue weighted by Crippen LogP contribution is 2.37. The average Bonchev–Trinajstić information content (AvgIpc) is 2.78. The topological polar surface area (TPSA) is 127 Å². The number of nitrogens with zero attached hydrogens (tertiary/aromatic N) is 3. The van der Waals surface area contributed by atoms with E-state index in [1.807, 2.05) is 0 Å². The Bertz CT molecular complexity index is 986. The van der Waals surface area contributed by atoms with Crippen molar-refractivity contribution in [3.63, 3.8) is 0 Å². The van der Waals surface area contributed by atoms with Crippen molar-refractivity contribution in [3.05, 3.63) is 46.6 Å². The molecule has 1 atom stereocenters. The molecule has 1 aliphatic carbocycles. The van der Waals surface area contributed by atoms with Gasteiger partial charge in [-0.1, -0.05) is 37.5 Å². The Kier molecular flexibility index (Phi) is 6.06. The van der Waals surface area contributed by atoms with Gasteiger partial charge in [0.1, 0.15) is 17.6 Å². The highest BCUT2D eigenvalue weighted by Gasteiger charge is 2.26. The number of amides is 2. The number of nitrogens with one attached hydrogen (secondary N) is 1. The first-order valence-electron chi connectivity index (χ1n) is 11.0. The standard InChI is InChI=1S/C23H30N6O2/c1-14(21(24)30)26-20-12-19(22(25)31)27-23(28-20)29-11-10-18-16(13-29)8-5-9-17(18)15-6-3-2-4-7-15/h5,8-9,12,14-15H,2-4,6-7,10-11,13H2,1H3,(H2,24,30)(H2,25,31)(H,26,27,28)/t14-/m0/s1. The summed E-state index contributed by atoms with van der Waals surface area (Å²) in [4.78, 5) is 34.2. The van der Waals surface area contributed by atoms with Crippen LogP contribution >= 0.6 is 0 Å². The maximum absolute atomic E-state index is 11.8. The van der Waals surface area contributed by atoms with Gasteiger partial charge in [0.05, 0.1) is 0 Å². The lowest BCUT2D eigenvalue weighted by atomic mass is 9.79. The van der Waals surface area contributed by atoms with Gasteiger partial charge in [-0.2, -0.15) is 4.98 Å². The molecule has 1 aromatic carbocycles. The van der Waals surface area contributed by atoms with Crippen LogP contribution in [0.15, 0.2) is 24.3 Å². The van der Waals surface area contributed by atoms with Crippen LogP contribution in [0.1, 0.15) is 72.1 Å². The van der Waals surface area contributed by atoms with Crippen LogP contribution in [0.3, 0.4) is 0 Å². The third-order valence-corrected chi connectivity index (χ3v) is 6.39. The number of hydrogen-bond acceptors (Lipinski definition) is 6. The third-order valence-electron chi connectivity index (χ3n) is 6.39. The Morgan fingerprint density at radius 2 is 1.94 bits per heavy atom. The van der Waals surface area contributed by atoms with Crippen LogP contribution in [0, 0.1) is 0 Å². The van der Waals surface area contributed by atoms with Crippen LogP contribution < -0.4 is 21.7 Å². The SMILES string of the molecule is C[C@H](Nc1cc(C(N)=O)nc(N2CCc3c(cccc3C3CCCCC3)C2)n1)C(N)=O. The molecular formula is C23H30N6O2. The van der Waals surface area contributed by atoms with Gasteiger partial charge in [0, 0.05) is 19.2 Å². The number of anilines is 2. The van der Waals surface area contributed by atoms with Crippen molar-refractivity contribution in [2.45, 2.75) is 64.0 Å². The van der Waals surface area contributed by atoms with E-state index in [1.165, 1.54) is 54.9 Å². The predicted octanol–water partition coefficient (Wildman–Crippen LogP) is 2.47. The van der Waals surface area contributed by atoms with Crippen molar-refractivity contribution >= 4 is 23.6 Å². The van der Waals surface area contributed by atoms with Crippen molar-refractivity contribution in [1.29, 1.82) is 0 Å². The molecular weight excluding hydrogens is 392 g/mol. The monoisotopic (exact) mass is 422 g/mol. The van der Waals surface area contributed by atoms with E-state index in [1.54, 1.807) is 6.92 Å². The second kappa shape index (κ2) is 8.91. The Morgan fingerprint density at radius 3 is 2.65 bits per heavy atom. The van der Waals surface area contributed by atoms with E-state index in [0.29, 0.717) is 24.2 Å². The van der Waals surface area contributed by atoms with Crippen molar-refractivity contribution in [1.82, 2.24) is 9.97 Å². The quantitative estimate of drug-likeness (QED) is 0.656. The number of carbonyl (C=O) groups is 2. The lowest BCUT2D eigenvalue weighted by molar-refractivity contribution is -0.118. The minimum atomic E-state index is -0.643. The van der Waals surface area contributed by atoms with Crippen molar-refractivity contribution in [2.24, 2.45) is 11.5 Å². The molecule has 5 N–H and O–H groups in total. The highest BCUT2D eigenvalue weighted by molar-refractivity contribution is 5.92. The summed E-state index contributed by atoms with van der Waals surface area (Å²) in [5.74, 6) is 0.283. The molecule has 0 unspecified atom stereocenters. The number of benzene rings is 1. The predicted molar refractivity (Wildman–Crippen MR) is 120 cm³/mol. The lowest BCUT2D eigenvalue weighted by Crippen LogP contribution is -2.35. The van der Waals surface area contributed by atoms with E-state index in [0.717, 1.165) is 13.0 Å². The second-order valence-electron chi connectivity index (χ2n) is 8.56. The van der Waals surface area contributed by atoms with Crippen LogP contribution in [0.5, 0.6) is 0 Å². The van der Waals surface area contributed by atoms with Gasteiger partial charge in [0.25, 0.3) is 5.91 Å². The normalized spacial score (nSPS) is 17.6. The fraction of sp³-hybridized carbons (Fsp3) is 0.478. The van der Waals surface area contributed by atoms with Gasteiger partial charge in [-0.3, -0.25) is 9.59 Å². The molecule has 8 nitrogen and oxygen atoms in total. The summed E-state index contributed by atoms with van der Waals surface area (Å²) in [6.45, 7) is 3.06. The van der Waals surface area contributed by atoms with E-state index in [-0.39, 0.29) is 5.69 Å². The molecule has 1 saturated carbocycles. The van der Waals surface area contributed by atoms with Crippen LogP contribution in [0.25, 0.3) is 0 Å². The maximum Gasteiger partial charge on any atom is 0.267 e. The van der Waals surface area contributed by atoms with Crippen LogP contribution in [-0.2, 0) is 17.8 Å². The van der Waals surface area contributed by atoms with E-state index in [9.17, 15) is 9.59 Å². The molecule has 0 bridgehead atoms. The maximum atomic E-state index is 11.8. The minimum Gasteiger partial charge on any atom is -0.368 e. The van der Waals surface area contributed by atoms with E-state index in [4.69, 9.17) is 11.5 Å². The fourth-order valence-electron chi connectivity index (χ4n) is 4.67. The first-order valence-corrected chi connectivity index (χ1v) is 11.0. The zero-order valence-electron chi connectivity index (χ0n) is 17.9. The largest absolute Gasteiger partial charge is 0.368 e. The summed E-state index contributed by atoms with van der Waals surface area (Å²) in [6.07, 6.45) is 7.43. The summed E-state index contributed by atoms with van der Waals surface area (Å²) in [7, 11) is 0. The molecule has 2 heterocycles. The fourth-order valence-corrected chi connectivity index (χ4v) is 4.67. The van der Waals surface area contributed by atoms with Gasteiger partial charge in [-0.05, 0) is 48.8 Å². The summed E-state index contributed by atoms with van der Waals surface area (Å²) in [6, 6.07) is 7.42. The average molecular weight is 423 g/mol. The van der Waals surface area contributed by atoms with Crippen molar-refractivity contribution in [3.8, 4) is 0 Å². The molecule has 0 saturated heterocycles. The van der Waals surface area contributed by atoms with Gasteiger partial charge >= 0.3 is 0 Å². The zero-order valence-corrected chi connectivity index (χ0v) is 17.9. The minimum absolute atomic E-state index is 0.103. The molecule has 31 heavy (non-hydrogen) atoms. The smallest absolute Gasteiger partial charge is 0.267 e. The zero-order chi connectivity index (χ0) is 22.0. The van der Waals surface area contributed by atoms with Crippen molar-refractivity contribution in [2.75, 3.05) is 16.8 Å².